The predicted molar refractivity (Wildman–Crippen MR) is 85.5 cm³/mol. The number of carbonyl (C=O) groups excluding carboxylic acids is 1. The zero-order chi connectivity index (χ0) is 15.4. The fourth-order valence-corrected chi connectivity index (χ4v) is 2.71. The summed E-state index contributed by atoms with van der Waals surface area (Å²) in [5.41, 5.74) is 2.16. The number of benzene rings is 2. The summed E-state index contributed by atoms with van der Waals surface area (Å²) in [6.07, 6.45) is 0.965. The molecular weight excluding hydrogens is 276 g/mol. The molecule has 2 aromatic rings. The van der Waals surface area contributed by atoms with Crippen molar-refractivity contribution in [3.63, 3.8) is 0 Å². The van der Waals surface area contributed by atoms with Crippen LogP contribution in [0.1, 0.15) is 29.5 Å². The standard InChI is InChI=1S/C18H20N2O2/c21-12-17(14-9-5-2-6-10-14)20-18(22)19-16-11-15(16)13-7-3-1-4-8-13/h1-10,15-17,21H,11-12H2,(H2,19,20,22). The molecule has 0 bridgehead atoms. The smallest absolute Gasteiger partial charge is 0.315 e. The quantitative estimate of drug-likeness (QED) is 0.794. The Balaban J connectivity index is 1.53. The number of amides is 2. The number of carbonyl (C=O) groups is 1. The summed E-state index contributed by atoms with van der Waals surface area (Å²) in [5, 5.41) is 15.3. The Bertz CT molecular complexity index is 615. The Morgan fingerprint density at radius 2 is 1.73 bits per heavy atom. The lowest BCUT2D eigenvalue weighted by Gasteiger charge is -2.17. The van der Waals surface area contributed by atoms with E-state index in [0.717, 1.165) is 12.0 Å². The molecule has 3 N–H and O–H groups in total. The first-order valence-corrected chi connectivity index (χ1v) is 7.55. The first-order valence-electron chi connectivity index (χ1n) is 7.55. The van der Waals surface area contributed by atoms with Gasteiger partial charge < -0.3 is 15.7 Å². The minimum absolute atomic E-state index is 0.121. The van der Waals surface area contributed by atoms with Crippen LogP contribution in [0.5, 0.6) is 0 Å². The van der Waals surface area contributed by atoms with Gasteiger partial charge >= 0.3 is 6.03 Å². The van der Waals surface area contributed by atoms with E-state index in [1.807, 2.05) is 48.5 Å². The van der Waals surface area contributed by atoms with Gasteiger partial charge in [0.15, 0.2) is 0 Å². The zero-order valence-electron chi connectivity index (χ0n) is 12.3. The second kappa shape index (κ2) is 6.62. The molecule has 3 rings (SSSR count). The highest BCUT2D eigenvalue weighted by atomic mass is 16.3. The number of urea groups is 1. The summed E-state index contributed by atoms with van der Waals surface area (Å²) >= 11 is 0. The number of nitrogens with one attached hydrogen (secondary N) is 2. The topological polar surface area (TPSA) is 61.4 Å². The molecule has 4 nitrogen and oxygen atoms in total. The van der Waals surface area contributed by atoms with Crippen LogP contribution in [-0.4, -0.2) is 23.8 Å². The summed E-state index contributed by atoms with van der Waals surface area (Å²) in [7, 11) is 0. The molecule has 1 saturated carbocycles. The van der Waals surface area contributed by atoms with E-state index in [1.165, 1.54) is 5.56 Å². The number of aliphatic hydroxyl groups excluding tert-OH is 1. The molecule has 0 aromatic heterocycles. The highest BCUT2D eigenvalue weighted by Crippen LogP contribution is 2.40. The van der Waals surface area contributed by atoms with Crippen molar-refractivity contribution in [2.45, 2.75) is 24.4 Å². The van der Waals surface area contributed by atoms with Crippen LogP contribution in [0, 0.1) is 0 Å². The number of rotatable bonds is 5. The summed E-state index contributed by atoms with van der Waals surface area (Å²) in [6, 6.07) is 19.3. The van der Waals surface area contributed by atoms with Gasteiger partial charge in [0, 0.05) is 12.0 Å². The Morgan fingerprint density at radius 3 is 2.36 bits per heavy atom. The molecule has 3 unspecified atom stereocenters. The molecule has 4 heteroatoms. The van der Waals surface area contributed by atoms with Gasteiger partial charge in [-0.1, -0.05) is 60.7 Å². The molecule has 2 aromatic carbocycles. The monoisotopic (exact) mass is 296 g/mol. The zero-order valence-corrected chi connectivity index (χ0v) is 12.3. The molecule has 0 radical (unpaired) electrons. The van der Waals surface area contributed by atoms with Crippen LogP contribution in [0.25, 0.3) is 0 Å². The second-order valence-electron chi connectivity index (χ2n) is 5.62. The van der Waals surface area contributed by atoms with E-state index in [4.69, 9.17) is 0 Å². The molecule has 0 spiro atoms. The van der Waals surface area contributed by atoms with Gasteiger partial charge in [-0.3, -0.25) is 0 Å². The van der Waals surface area contributed by atoms with Gasteiger partial charge in [0.2, 0.25) is 0 Å². The van der Waals surface area contributed by atoms with E-state index >= 15 is 0 Å². The van der Waals surface area contributed by atoms with Crippen molar-refractivity contribution in [1.82, 2.24) is 10.6 Å². The maximum absolute atomic E-state index is 12.1. The average molecular weight is 296 g/mol. The van der Waals surface area contributed by atoms with Crippen molar-refractivity contribution in [2.24, 2.45) is 0 Å². The summed E-state index contributed by atoms with van der Waals surface area (Å²) in [4.78, 5) is 12.1. The molecule has 114 valence electrons. The number of hydrogen-bond acceptors (Lipinski definition) is 2. The molecule has 0 aliphatic heterocycles. The largest absolute Gasteiger partial charge is 0.394 e. The maximum Gasteiger partial charge on any atom is 0.315 e. The first-order chi connectivity index (χ1) is 10.8. The number of aliphatic hydroxyl groups is 1. The van der Waals surface area contributed by atoms with E-state index in [1.54, 1.807) is 0 Å². The van der Waals surface area contributed by atoms with Crippen molar-refractivity contribution < 1.29 is 9.90 Å². The molecule has 22 heavy (non-hydrogen) atoms. The Kier molecular flexibility index (Phi) is 4.39. The third-order valence-corrected chi connectivity index (χ3v) is 4.02. The second-order valence-corrected chi connectivity index (χ2v) is 5.62. The van der Waals surface area contributed by atoms with Crippen molar-refractivity contribution in [1.29, 1.82) is 0 Å². The molecular formula is C18H20N2O2. The first kappa shape index (κ1) is 14.6. The van der Waals surface area contributed by atoms with Crippen molar-refractivity contribution in [3.8, 4) is 0 Å². The van der Waals surface area contributed by atoms with E-state index < -0.39 is 0 Å². The van der Waals surface area contributed by atoms with Gasteiger partial charge in [-0.25, -0.2) is 4.79 Å². The van der Waals surface area contributed by atoms with Crippen LogP contribution in [0.4, 0.5) is 4.79 Å². The Hall–Kier alpha value is -2.33. The van der Waals surface area contributed by atoms with E-state index in [0.29, 0.717) is 5.92 Å². The SMILES string of the molecule is O=C(NC(CO)c1ccccc1)NC1CC1c1ccccc1. The lowest BCUT2D eigenvalue weighted by Crippen LogP contribution is -2.40. The minimum Gasteiger partial charge on any atom is -0.394 e. The third-order valence-electron chi connectivity index (χ3n) is 4.02. The summed E-state index contributed by atoms with van der Waals surface area (Å²) < 4.78 is 0. The van der Waals surface area contributed by atoms with Crippen LogP contribution in [-0.2, 0) is 0 Å². The van der Waals surface area contributed by atoms with Gasteiger partial charge in [0.25, 0.3) is 0 Å². The Labute approximate surface area is 130 Å². The van der Waals surface area contributed by atoms with Crippen molar-refractivity contribution >= 4 is 6.03 Å². The van der Waals surface area contributed by atoms with Crippen molar-refractivity contribution in [3.05, 3.63) is 71.8 Å². The molecule has 1 fully saturated rings. The normalized spacial score (nSPS) is 21.0. The molecule has 1 aliphatic carbocycles. The highest BCUT2D eigenvalue weighted by molar-refractivity contribution is 5.75. The van der Waals surface area contributed by atoms with Gasteiger partial charge in [-0.2, -0.15) is 0 Å². The lowest BCUT2D eigenvalue weighted by atomic mass is 10.1. The average Bonchev–Trinajstić information content (AvgIpc) is 3.33. The molecule has 2 amide bonds. The van der Waals surface area contributed by atoms with E-state index in [2.05, 4.69) is 22.8 Å². The summed E-state index contributed by atoms with van der Waals surface area (Å²) in [6.45, 7) is -0.121. The fourth-order valence-electron chi connectivity index (χ4n) is 2.71. The van der Waals surface area contributed by atoms with Gasteiger partial charge in [0.1, 0.15) is 0 Å². The van der Waals surface area contributed by atoms with Gasteiger partial charge in [-0.15, -0.1) is 0 Å². The van der Waals surface area contributed by atoms with Crippen LogP contribution < -0.4 is 10.6 Å². The highest BCUT2D eigenvalue weighted by Gasteiger charge is 2.39. The number of hydrogen-bond donors (Lipinski definition) is 3. The fraction of sp³-hybridized carbons (Fsp3) is 0.278. The summed E-state index contributed by atoms with van der Waals surface area (Å²) in [5.74, 6) is 0.399. The molecule has 0 heterocycles. The maximum atomic E-state index is 12.1. The van der Waals surface area contributed by atoms with Crippen LogP contribution in [0.3, 0.4) is 0 Å². The van der Waals surface area contributed by atoms with Gasteiger partial charge in [0.05, 0.1) is 12.6 Å². The van der Waals surface area contributed by atoms with Crippen LogP contribution in [0.2, 0.25) is 0 Å². The van der Waals surface area contributed by atoms with Crippen LogP contribution in [0.15, 0.2) is 60.7 Å². The van der Waals surface area contributed by atoms with Crippen molar-refractivity contribution in [2.75, 3.05) is 6.61 Å². The van der Waals surface area contributed by atoms with Crippen LogP contribution >= 0.6 is 0 Å². The molecule has 3 atom stereocenters. The minimum atomic E-state index is -0.380. The lowest BCUT2D eigenvalue weighted by molar-refractivity contribution is 0.216. The molecule has 1 aliphatic rings. The van der Waals surface area contributed by atoms with E-state index in [9.17, 15) is 9.90 Å². The molecule has 0 saturated heterocycles. The predicted octanol–water partition coefficient (Wildman–Crippen LogP) is 2.58. The Morgan fingerprint density at radius 1 is 1.09 bits per heavy atom. The van der Waals surface area contributed by atoms with E-state index in [-0.39, 0.29) is 24.7 Å². The third kappa shape index (κ3) is 3.46. The van der Waals surface area contributed by atoms with Gasteiger partial charge in [-0.05, 0) is 17.5 Å².